The molecule has 1 aliphatic heterocycles. The molecule has 1 saturated heterocycles. The molecule has 4 nitrogen and oxygen atoms in total. The molecule has 20 heavy (non-hydrogen) atoms. The maximum atomic E-state index is 12.6. The van der Waals surface area contributed by atoms with Gasteiger partial charge in [0.05, 0.1) is 12.2 Å². The molecule has 0 aromatic carbocycles. The number of rotatable bonds is 2. The zero-order chi connectivity index (χ0) is 14.4. The van der Waals surface area contributed by atoms with Crippen LogP contribution in [0.3, 0.4) is 0 Å². The van der Waals surface area contributed by atoms with Gasteiger partial charge < -0.3 is 10.0 Å². The topological polar surface area (TPSA) is 53.4 Å². The average Bonchev–Trinajstić information content (AvgIpc) is 2.48. The Hall–Kier alpha value is -1.51. The fourth-order valence-corrected chi connectivity index (χ4v) is 3.07. The van der Waals surface area contributed by atoms with Crippen LogP contribution in [-0.2, 0) is 0 Å². The second kappa shape index (κ2) is 7.32. The van der Waals surface area contributed by atoms with Gasteiger partial charge in [-0.15, -0.1) is 0 Å². The lowest BCUT2D eigenvalue weighted by Crippen LogP contribution is -2.45. The van der Waals surface area contributed by atoms with Crippen LogP contribution in [0.4, 0.5) is 0 Å². The number of thioether (sulfide) groups is 1. The summed E-state index contributed by atoms with van der Waals surface area (Å²) in [6.45, 7) is 2.84. The first-order valence-electron chi connectivity index (χ1n) is 6.67. The molecule has 1 aromatic heterocycles. The number of nitrogens with zero attached hydrogens (tertiary/aromatic N) is 2. The lowest BCUT2D eigenvalue weighted by Gasteiger charge is -2.32. The van der Waals surface area contributed by atoms with Gasteiger partial charge in [0, 0.05) is 36.7 Å². The molecule has 1 fully saturated rings. The van der Waals surface area contributed by atoms with E-state index in [4.69, 9.17) is 5.11 Å². The molecule has 1 unspecified atom stereocenters. The van der Waals surface area contributed by atoms with Crippen molar-refractivity contribution in [3.05, 3.63) is 29.6 Å². The van der Waals surface area contributed by atoms with Gasteiger partial charge in [0.25, 0.3) is 5.91 Å². The first kappa shape index (κ1) is 14.9. The highest BCUT2D eigenvalue weighted by molar-refractivity contribution is 7.99. The number of aliphatic hydroxyl groups excluding tert-OH is 1. The van der Waals surface area contributed by atoms with E-state index in [9.17, 15) is 4.79 Å². The van der Waals surface area contributed by atoms with Crippen molar-refractivity contribution >= 4 is 17.7 Å². The molecule has 1 aromatic rings. The minimum absolute atomic E-state index is 0.0247. The van der Waals surface area contributed by atoms with Crippen molar-refractivity contribution in [3.63, 3.8) is 0 Å². The third kappa shape index (κ3) is 3.53. The van der Waals surface area contributed by atoms with Gasteiger partial charge >= 0.3 is 0 Å². The predicted molar refractivity (Wildman–Crippen MR) is 80.6 cm³/mol. The minimum atomic E-state index is -0.0494. The molecule has 2 heterocycles. The molecule has 0 radical (unpaired) electrons. The Kier molecular flexibility index (Phi) is 5.45. The molecule has 0 bridgehead atoms. The van der Waals surface area contributed by atoms with E-state index < -0.39 is 0 Å². The van der Waals surface area contributed by atoms with Gasteiger partial charge in [0.15, 0.2) is 0 Å². The van der Waals surface area contributed by atoms with Crippen LogP contribution in [0.1, 0.15) is 29.4 Å². The van der Waals surface area contributed by atoms with E-state index in [1.54, 1.807) is 18.3 Å². The van der Waals surface area contributed by atoms with Gasteiger partial charge in [-0.3, -0.25) is 4.79 Å². The Bertz CT molecular complexity index is 536. The average molecular weight is 290 g/mol. The highest BCUT2D eigenvalue weighted by Crippen LogP contribution is 2.19. The van der Waals surface area contributed by atoms with Crippen LogP contribution in [0.15, 0.2) is 18.3 Å². The number of aliphatic hydroxyl groups is 1. The molecule has 0 aliphatic carbocycles. The second-order valence-electron chi connectivity index (χ2n) is 4.60. The zero-order valence-corrected chi connectivity index (χ0v) is 12.3. The highest BCUT2D eigenvalue weighted by atomic mass is 32.2. The van der Waals surface area contributed by atoms with Crippen molar-refractivity contribution in [2.45, 2.75) is 19.4 Å². The molecule has 5 heteroatoms. The van der Waals surface area contributed by atoms with Crippen molar-refractivity contribution in [1.82, 2.24) is 9.88 Å². The van der Waals surface area contributed by atoms with E-state index in [1.165, 1.54) is 0 Å². The fourth-order valence-electron chi connectivity index (χ4n) is 2.06. The number of carbonyl (C=O) groups excluding carboxylic acids is 1. The third-order valence-corrected chi connectivity index (χ3v) is 4.29. The fraction of sp³-hybridized carbons (Fsp3) is 0.467. The predicted octanol–water partition coefficient (Wildman–Crippen LogP) is 1.39. The molecule has 0 saturated carbocycles. The summed E-state index contributed by atoms with van der Waals surface area (Å²) in [7, 11) is 0. The van der Waals surface area contributed by atoms with E-state index in [0.717, 1.165) is 18.1 Å². The lowest BCUT2D eigenvalue weighted by atomic mass is 10.1. The van der Waals surface area contributed by atoms with Crippen molar-refractivity contribution < 1.29 is 9.90 Å². The smallest absolute Gasteiger partial charge is 0.274 e. The molecule has 1 aliphatic rings. The first-order chi connectivity index (χ1) is 9.74. The summed E-state index contributed by atoms with van der Waals surface area (Å²) in [4.78, 5) is 18.7. The first-order valence-corrected chi connectivity index (χ1v) is 7.83. The monoisotopic (exact) mass is 290 g/mol. The van der Waals surface area contributed by atoms with Gasteiger partial charge in [-0.05, 0) is 19.1 Å². The summed E-state index contributed by atoms with van der Waals surface area (Å²) in [6.07, 6.45) is 2.02. The Morgan fingerprint density at radius 1 is 1.65 bits per heavy atom. The third-order valence-electron chi connectivity index (χ3n) is 3.10. The summed E-state index contributed by atoms with van der Waals surface area (Å²) in [6, 6.07) is 3.80. The summed E-state index contributed by atoms with van der Waals surface area (Å²) in [5.74, 6) is 7.65. The number of hydrogen-bond donors (Lipinski definition) is 1. The quantitative estimate of drug-likeness (QED) is 0.836. The SMILES string of the molecule is CC1CSCCN1C(=O)c1ncccc1C#CCCO. The number of aromatic nitrogens is 1. The summed E-state index contributed by atoms with van der Waals surface area (Å²) < 4.78 is 0. The molecule has 1 atom stereocenters. The Morgan fingerprint density at radius 3 is 3.25 bits per heavy atom. The van der Waals surface area contributed by atoms with Crippen LogP contribution in [-0.4, -0.2) is 51.6 Å². The van der Waals surface area contributed by atoms with E-state index in [0.29, 0.717) is 17.7 Å². The molecule has 0 spiro atoms. The van der Waals surface area contributed by atoms with Crippen LogP contribution in [0, 0.1) is 11.8 Å². The largest absolute Gasteiger partial charge is 0.395 e. The van der Waals surface area contributed by atoms with E-state index in [-0.39, 0.29) is 18.6 Å². The van der Waals surface area contributed by atoms with Crippen molar-refractivity contribution in [2.75, 3.05) is 24.7 Å². The van der Waals surface area contributed by atoms with Crippen LogP contribution < -0.4 is 0 Å². The highest BCUT2D eigenvalue weighted by Gasteiger charge is 2.26. The molecule has 1 amide bonds. The van der Waals surface area contributed by atoms with Crippen LogP contribution in [0.25, 0.3) is 0 Å². The minimum Gasteiger partial charge on any atom is -0.395 e. The maximum Gasteiger partial charge on any atom is 0.274 e. The van der Waals surface area contributed by atoms with E-state index in [1.807, 2.05) is 16.7 Å². The molecule has 1 N–H and O–H groups in total. The molecular formula is C15H18N2O2S. The number of pyridine rings is 1. The van der Waals surface area contributed by atoms with Gasteiger partial charge in [-0.25, -0.2) is 4.98 Å². The van der Waals surface area contributed by atoms with Crippen LogP contribution >= 0.6 is 11.8 Å². The van der Waals surface area contributed by atoms with Crippen LogP contribution in [0.5, 0.6) is 0 Å². The van der Waals surface area contributed by atoms with Crippen molar-refractivity contribution in [1.29, 1.82) is 0 Å². The van der Waals surface area contributed by atoms with Crippen molar-refractivity contribution in [3.8, 4) is 11.8 Å². The second-order valence-corrected chi connectivity index (χ2v) is 5.75. The van der Waals surface area contributed by atoms with Gasteiger partial charge in [0.1, 0.15) is 5.69 Å². The Labute approximate surface area is 123 Å². The van der Waals surface area contributed by atoms with Gasteiger partial charge in [-0.2, -0.15) is 11.8 Å². The standard InChI is InChI=1S/C15H18N2O2S/c1-12-11-20-10-8-17(12)15(19)14-13(5-2-3-9-18)6-4-7-16-14/h4,6-7,12,18H,3,8-11H2,1H3. The molecular weight excluding hydrogens is 272 g/mol. The van der Waals surface area contributed by atoms with Gasteiger partial charge in [-0.1, -0.05) is 11.8 Å². The summed E-state index contributed by atoms with van der Waals surface area (Å²) in [5.41, 5.74) is 1.05. The van der Waals surface area contributed by atoms with Crippen molar-refractivity contribution in [2.24, 2.45) is 0 Å². The number of amides is 1. The Balaban J connectivity index is 2.23. The zero-order valence-electron chi connectivity index (χ0n) is 11.5. The van der Waals surface area contributed by atoms with Gasteiger partial charge in [0.2, 0.25) is 0 Å². The lowest BCUT2D eigenvalue weighted by molar-refractivity contribution is 0.0709. The number of carbonyl (C=O) groups is 1. The van der Waals surface area contributed by atoms with Crippen LogP contribution in [0.2, 0.25) is 0 Å². The summed E-state index contributed by atoms with van der Waals surface area (Å²) in [5, 5.41) is 8.77. The van der Waals surface area contributed by atoms with E-state index >= 15 is 0 Å². The molecule has 2 rings (SSSR count). The molecule has 106 valence electrons. The Morgan fingerprint density at radius 2 is 2.50 bits per heavy atom. The van der Waals surface area contributed by atoms with E-state index in [2.05, 4.69) is 23.7 Å². The number of hydrogen-bond acceptors (Lipinski definition) is 4. The normalized spacial score (nSPS) is 18.3. The summed E-state index contributed by atoms with van der Waals surface area (Å²) >= 11 is 1.87. The maximum absolute atomic E-state index is 12.6.